The van der Waals surface area contributed by atoms with E-state index in [0.29, 0.717) is 35.2 Å². The molecule has 0 spiro atoms. The van der Waals surface area contributed by atoms with Crippen LogP contribution in [0.25, 0.3) is 0 Å². The first-order valence-corrected chi connectivity index (χ1v) is 14.7. The molecule has 1 N–H and O–H groups in total. The number of allylic oxidation sites excluding steroid dienone is 4. The van der Waals surface area contributed by atoms with Gasteiger partial charge in [-0.1, -0.05) is 60.7 Å². The van der Waals surface area contributed by atoms with Gasteiger partial charge in [0, 0.05) is 35.4 Å². The van der Waals surface area contributed by atoms with E-state index >= 15 is 0 Å². The second-order valence-electron chi connectivity index (χ2n) is 10.2. The molecular formula is C30H29N3O4S. The molecule has 0 radical (unpaired) electrons. The fraction of sp³-hybridized carbons (Fsp3) is 0.300. The number of rotatable bonds is 6. The number of nitrogens with zero attached hydrogens (tertiary/aromatic N) is 2. The Balaban J connectivity index is 1.54. The molecule has 2 heterocycles. The van der Waals surface area contributed by atoms with Crippen LogP contribution in [0.3, 0.4) is 0 Å². The number of aromatic nitrogens is 2. The Kier molecular flexibility index (Phi) is 6.35. The van der Waals surface area contributed by atoms with Crippen LogP contribution in [0.2, 0.25) is 0 Å². The first-order chi connectivity index (χ1) is 18.4. The van der Waals surface area contributed by atoms with Gasteiger partial charge < -0.3 is 9.88 Å². The van der Waals surface area contributed by atoms with Crippen LogP contribution in [-0.2, 0) is 31.7 Å². The second kappa shape index (κ2) is 9.83. The predicted molar refractivity (Wildman–Crippen MR) is 143 cm³/mol. The van der Waals surface area contributed by atoms with Crippen molar-refractivity contribution in [1.29, 1.82) is 0 Å². The number of carbonyl (C=O) groups is 2. The molecule has 0 amide bonds. The van der Waals surface area contributed by atoms with Crippen molar-refractivity contribution in [1.82, 2.24) is 14.9 Å². The Morgan fingerprint density at radius 1 is 0.789 bits per heavy atom. The molecule has 0 fully saturated rings. The Morgan fingerprint density at radius 2 is 1.34 bits per heavy atom. The average molecular weight is 528 g/mol. The summed E-state index contributed by atoms with van der Waals surface area (Å²) >= 11 is 0. The van der Waals surface area contributed by atoms with Gasteiger partial charge in [-0.2, -0.15) is 0 Å². The highest BCUT2D eigenvalue weighted by atomic mass is 32.2. The van der Waals surface area contributed by atoms with Crippen molar-refractivity contribution in [2.45, 2.75) is 61.9 Å². The number of ketones is 2. The van der Waals surface area contributed by atoms with E-state index in [-0.39, 0.29) is 29.0 Å². The lowest BCUT2D eigenvalue weighted by atomic mass is 9.73. The number of sulfone groups is 1. The van der Waals surface area contributed by atoms with E-state index in [2.05, 4.69) is 10.3 Å². The van der Waals surface area contributed by atoms with Crippen LogP contribution in [0.5, 0.6) is 0 Å². The zero-order valence-corrected chi connectivity index (χ0v) is 21.8. The fourth-order valence-electron chi connectivity index (χ4n) is 5.91. The molecule has 8 heteroatoms. The Hall–Kier alpha value is -3.78. The van der Waals surface area contributed by atoms with Crippen molar-refractivity contribution < 1.29 is 18.0 Å². The Morgan fingerprint density at radius 3 is 1.92 bits per heavy atom. The third kappa shape index (κ3) is 4.43. The summed E-state index contributed by atoms with van der Waals surface area (Å²) in [4.78, 5) is 31.1. The lowest BCUT2D eigenvalue weighted by Crippen LogP contribution is -2.37. The Bertz CT molecular complexity index is 1540. The average Bonchev–Trinajstić information content (AvgIpc) is 3.33. The van der Waals surface area contributed by atoms with Crippen LogP contribution < -0.4 is 5.32 Å². The minimum Gasteiger partial charge on any atom is -0.362 e. The summed E-state index contributed by atoms with van der Waals surface area (Å²) in [6.45, 7) is 0.261. The standard InChI is InChI=1S/C30H29N3O4S/c34-25-15-7-13-22-27(25)29(28-23(32-22)14-8-16-26(28)35)24-17-31-30(33(24)18-20-9-3-1-4-10-20)38(36,37)19-21-11-5-2-6-12-21/h1-6,9-12,17,29,32H,7-8,13-16,18-19H2. The maximum absolute atomic E-state index is 13.7. The van der Waals surface area contributed by atoms with E-state index in [1.165, 1.54) is 0 Å². The highest BCUT2D eigenvalue weighted by Gasteiger charge is 2.42. The minimum atomic E-state index is -3.83. The van der Waals surface area contributed by atoms with E-state index in [0.717, 1.165) is 42.6 Å². The summed E-state index contributed by atoms with van der Waals surface area (Å²) in [5.74, 6) is -0.797. The van der Waals surface area contributed by atoms with Crippen molar-refractivity contribution in [3.05, 3.63) is 106 Å². The summed E-state index contributed by atoms with van der Waals surface area (Å²) in [7, 11) is -3.83. The van der Waals surface area contributed by atoms with Gasteiger partial charge in [-0.25, -0.2) is 13.4 Å². The largest absolute Gasteiger partial charge is 0.362 e. The molecule has 7 nitrogen and oxygen atoms in total. The molecule has 3 aliphatic rings. The molecule has 0 atom stereocenters. The van der Waals surface area contributed by atoms with Gasteiger partial charge in [-0.05, 0) is 36.8 Å². The molecule has 1 aliphatic heterocycles. The van der Waals surface area contributed by atoms with E-state index in [4.69, 9.17) is 0 Å². The summed E-state index contributed by atoms with van der Waals surface area (Å²) in [6, 6.07) is 18.6. The normalized spacial score (nSPS) is 18.3. The van der Waals surface area contributed by atoms with Crippen molar-refractivity contribution in [2.24, 2.45) is 0 Å². The van der Waals surface area contributed by atoms with Gasteiger partial charge in [0.05, 0.1) is 30.1 Å². The van der Waals surface area contributed by atoms with Crippen LogP contribution >= 0.6 is 0 Å². The Labute approximate surface area is 222 Å². The smallest absolute Gasteiger partial charge is 0.228 e. The van der Waals surface area contributed by atoms with Crippen molar-refractivity contribution in [2.75, 3.05) is 0 Å². The van der Waals surface area contributed by atoms with Gasteiger partial charge in [-0.3, -0.25) is 9.59 Å². The summed E-state index contributed by atoms with van der Waals surface area (Å²) < 4.78 is 29.2. The molecule has 0 unspecified atom stereocenters. The van der Waals surface area contributed by atoms with Gasteiger partial charge >= 0.3 is 0 Å². The lowest BCUT2D eigenvalue weighted by molar-refractivity contribution is -0.117. The molecule has 6 rings (SSSR count). The maximum Gasteiger partial charge on any atom is 0.228 e. The molecule has 38 heavy (non-hydrogen) atoms. The molecule has 3 aromatic rings. The van der Waals surface area contributed by atoms with E-state index in [1.54, 1.807) is 22.9 Å². The number of hydrogen-bond donors (Lipinski definition) is 1. The molecular weight excluding hydrogens is 498 g/mol. The fourth-order valence-corrected chi connectivity index (χ4v) is 7.39. The van der Waals surface area contributed by atoms with E-state index < -0.39 is 15.8 Å². The molecule has 2 aromatic carbocycles. The van der Waals surface area contributed by atoms with Crippen molar-refractivity contribution >= 4 is 21.4 Å². The van der Waals surface area contributed by atoms with E-state index in [1.807, 2.05) is 48.5 Å². The molecule has 2 aliphatic carbocycles. The van der Waals surface area contributed by atoms with Crippen molar-refractivity contribution in [3.8, 4) is 0 Å². The summed E-state index contributed by atoms with van der Waals surface area (Å²) in [6.07, 6.45) is 5.38. The maximum atomic E-state index is 13.7. The zero-order chi connectivity index (χ0) is 26.3. The van der Waals surface area contributed by atoms with E-state index in [9.17, 15) is 18.0 Å². The number of carbonyl (C=O) groups excluding carboxylic acids is 2. The highest BCUT2D eigenvalue weighted by Crippen LogP contribution is 2.45. The molecule has 0 saturated carbocycles. The van der Waals surface area contributed by atoms with Crippen LogP contribution in [0.15, 0.2) is 94.6 Å². The number of Topliss-reactive ketones (excluding diaryl/α,β-unsaturated/α-hetero) is 2. The number of benzene rings is 2. The van der Waals surface area contributed by atoms with Gasteiger partial charge in [0.1, 0.15) is 0 Å². The lowest BCUT2D eigenvalue weighted by Gasteiger charge is -2.37. The first kappa shape index (κ1) is 24.6. The topological polar surface area (TPSA) is 98.1 Å². The second-order valence-corrected chi connectivity index (χ2v) is 12.1. The van der Waals surface area contributed by atoms with Gasteiger partial charge in [0.25, 0.3) is 0 Å². The zero-order valence-electron chi connectivity index (χ0n) is 21.0. The number of dihydropyridines is 1. The van der Waals surface area contributed by atoms with Crippen LogP contribution in [0.4, 0.5) is 0 Å². The van der Waals surface area contributed by atoms with Gasteiger partial charge in [0.2, 0.25) is 15.0 Å². The minimum absolute atomic E-state index is 0.00910. The number of imidazole rings is 1. The third-order valence-corrected chi connectivity index (χ3v) is 9.19. The first-order valence-electron chi connectivity index (χ1n) is 13.1. The van der Waals surface area contributed by atoms with Crippen LogP contribution in [0, 0.1) is 0 Å². The predicted octanol–water partition coefficient (Wildman–Crippen LogP) is 4.61. The number of hydrogen-bond acceptors (Lipinski definition) is 6. The molecule has 194 valence electrons. The quantitative estimate of drug-likeness (QED) is 0.503. The van der Waals surface area contributed by atoms with Gasteiger partial charge in [-0.15, -0.1) is 0 Å². The molecule has 0 saturated heterocycles. The third-order valence-electron chi connectivity index (χ3n) is 7.60. The SMILES string of the molecule is O=C1CCCC2=C1C(c1cnc(S(=O)(=O)Cc3ccccc3)n1Cc1ccccc1)C1=C(CCCC1=O)N2. The summed E-state index contributed by atoms with van der Waals surface area (Å²) in [5, 5.41) is 3.38. The monoisotopic (exact) mass is 527 g/mol. The van der Waals surface area contributed by atoms with Crippen LogP contribution in [0.1, 0.15) is 61.3 Å². The molecule has 0 bridgehead atoms. The van der Waals surface area contributed by atoms with Crippen molar-refractivity contribution in [3.63, 3.8) is 0 Å². The highest BCUT2D eigenvalue weighted by molar-refractivity contribution is 7.90. The van der Waals surface area contributed by atoms with Crippen LogP contribution in [-0.4, -0.2) is 29.5 Å². The molecule has 1 aromatic heterocycles. The summed E-state index contributed by atoms with van der Waals surface area (Å²) in [5.41, 5.74) is 5.06. The number of nitrogens with one attached hydrogen (secondary N) is 1. The van der Waals surface area contributed by atoms with Gasteiger partial charge in [0.15, 0.2) is 11.6 Å².